The van der Waals surface area contributed by atoms with Crippen molar-refractivity contribution in [1.82, 2.24) is 5.32 Å². The minimum atomic E-state index is -1.09. The van der Waals surface area contributed by atoms with Crippen molar-refractivity contribution in [3.8, 4) is 0 Å². The van der Waals surface area contributed by atoms with E-state index in [-0.39, 0.29) is 33.8 Å². The molecule has 28 heavy (non-hydrogen) atoms. The number of rotatable bonds is 8. The Balaban J connectivity index is 0.000000480. The molecule has 2 aromatic rings. The Kier molecular flexibility index (Phi) is 11.2. The van der Waals surface area contributed by atoms with Gasteiger partial charge in [-0.05, 0) is 30.7 Å². The van der Waals surface area contributed by atoms with Gasteiger partial charge in [-0.1, -0.05) is 53.0 Å². The summed E-state index contributed by atoms with van der Waals surface area (Å²) < 4.78 is 0. The third-order valence-corrected chi connectivity index (χ3v) is 4.79. The lowest BCUT2D eigenvalue weighted by Crippen LogP contribution is -2.21. The molecule has 0 aliphatic heterocycles. The molecule has 0 aliphatic rings. The van der Waals surface area contributed by atoms with Gasteiger partial charge in [0.05, 0.1) is 23.3 Å². The third kappa shape index (κ3) is 7.47. The fourth-order valence-electron chi connectivity index (χ4n) is 2.24. The molecule has 0 spiro atoms. The van der Waals surface area contributed by atoms with E-state index in [1.807, 2.05) is 25.1 Å². The summed E-state index contributed by atoms with van der Waals surface area (Å²) in [6.07, 6.45) is 0. The average Bonchev–Trinajstić information content (AvgIpc) is 2.66. The first-order valence-corrected chi connectivity index (χ1v) is 9.57. The van der Waals surface area contributed by atoms with E-state index < -0.39 is 12.0 Å². The number of anilines is 1. The maximum absolute atomic E-state index is 11.6. The molecule has 0 saturated carbocycles. The smallest absolute Gasteiger partial charge is 0.330 e. The first kappa shape index (κ1) is 24.5. The van der Waals surface area contributed by atoms with Gasteiger partial charge in [-0.3, -0.25) is 0 Å². The summed E-state index contributed by atoms with van der Waals surface area (Å²) in [7, 11) is 0. The zero-order valence-corrected chi connectivity index (χ0v) is 17.5. The van der Waals surface area contributed by atoms with E-state index >= 15 is 0 Å². The zero-order chi connectivity index (χ0) is 21.1. The summed E-state index contributed by atoms with van der Waals surface area (Å²) in [5.74, 6) is -1.09. The number of hydrogen-bond donors (Lipinski definition) is 5. The number of nitrogens with one attached hydrogen (secondary N) is 2. The van der Waals surface area contributed by atoms with Gasteiger partial charge < -0.3 is 26.0 Å². The fraction of sp³-hybridized carbons (Fsp3) is 0.316. The van der Waals surface area contributed by atoms with Crippen LogP contribution in [0.1, 0.15) is 17.2 Å². The van der Waals surface area contributed by atoms with Crippen LogP contribution in [-0.2, 0) is 4.79 Å². The number of carboxylic acids is 1. The molecule has 1 unspecified atom stereocenters. The molecule has 0 aliphatic carbocycles. The monoisotopic (exact) mass is 448 g/mol. The maximum Gasteiger partial charge on any atom is 0.330 e. The Hall–Kier alpha value is -1.54. The third-order valence-electron chi connectivity index (χ3n) is 3.64. The van der Waals surface area contributed by atoms with Crippen molar-refractivity contribution in [2.45, 2.75) is 13.0 Å². The number of carboxylic acid groups (broad SMARTS) is 1. The number of aliphatic hydroxyl groups is 2. The van der Waals surface area contributed by atoms with E-state index in [0.29, 0.717) is 18.8 Å². The molecule has 6 nitrogen and oxygen atoms in total. The molecule has 0 bridgehead atoms. The Labute approximate surface area is 179 Å². The number of para-hydroxylation sites is 1. The quantitative estimate of drug-likeness (QED) is 0.311. The summed E-state index contributed by atoms with van der Waals surface area (Å²) in [4.78, 5) is 11.6. The first-order valence-electron chi connectivity index (χ1n) is 8.44. The fourth-order valence-corrected chi connectivity index (χ4v) is 2.99. The van der Waals surface area contributed by atoms with Crippen molar-refractivity contribution in [2.75, 3.05) is 31.6 Å². The Morgan fingerprint density at radius 3 is 2.11 bits per heavy atom. The van der Waals surface area contributed by atoms with Crippen LogP contribution in [0.15, 0.2) is 36.4 Å². The largest absolute Gasteiger partial charge is 0.479 e. The highest BCUT2D eigenvalue weighted by Gasteiger charge is 2.26. The van der Waals surface area contributed by atoms with E-state index in [4.69, 9.17) is 45.0 Å². The standard InChI is InChI=1S/C15H12Cl3NO2.C4H11NO2/c1-8-4-2-3-5-11(8)19-14(15(20)21)12-9(16)6-7-10(17)13(12)18;6-3-1-5-2-4-7/h2-7,14,19H,1H3,(H,20,21);5-7H,1-4H2. The van der Waals surface area contributed by atoms with Crippen LogP contribution in [0.25, 0.3) is 0 Å². The van der Waals surface area contributed by atoms with Gasteiger partial charge >= 0.3 is 5.97 Å². The summed E-state index contributed by atoms with van der Waals surface area (Å²) in [6.45, 7) is 3.30. The second kappa shape index (κ2) is 12.8. The van der Waals surface area contributed by atoms with Crippen molar-refractivity contribution >= 4 is 46.5 Å². The molecule has 0 fully saturated rings. The molecule has 1 atom stereocenters. The molecule has 9 heteroatoms. The van der Waals surface area contributed by atoms with Gasteiger partial charge in [-0.25, -0.2) is 4.79 Å². The first-order chi connectivity index (χ1) is 13.3. The van der Waals surface area contributed by atoms with Crippen LogP contribution in [0.5, 0.6) is 0 Å². The second-order valence-corrected chi connectivity index (χ2v) is 6.88. The lowest BCUT2D eigenvalue weighted by Gasteiger charge is -2.20. The molecular formula is C19H23Cl3N2O4. The van der Waals surface area contributed by atoms with Gasteiger partial charge in [-0.2, -0.15) is 0 Å². The lowest BCUT2D eigenvalue weighted by molar-refractivity contribution is -0.138. The van der Waals surface area contributed by atoms with Gasteiger partial charge in [0.25, 0.3) is 0 Å². The minimum Gasteiger partial charge on any atom is -0.479 e. The van der Waals surface area contributed by atoms with E-state index in [9.17, 15) is 9.90 Å². The molecule has 0 amide bonds. The van der Waals surface area contributed by atoms with Gasteiger partial charge in [-0.15, -0.1) is 0 Å². The van der Waals surface area contributed by atoms with E-state index in [1.165, 1.54) is 12.1 Å². The molecule has 0 aromatic heterocycles. The summed E-state index contributed by atoms with van der Waals surface area (Å²) in [5, 5.41) is 32.2. The number of carbonyl (C=O) groups is 1. The Morgan fingerprint density at radius 1 is 1.00 bits per heavy atom. The zero-order valence-electron chi connectivity index (χ0n) is 15.3. The van der Waals surface area contributed by atoms with Crippen molar-refractivity contribution in [3.05, 3.63) is 62.6 Å². The van der Waals surface area contributed by atoms with Crippen molar-refractivity contribution < 1.29 is 20.1 Å². The highest BCUT2D eigenvalue weighted by molar-refractivity contribution is 6.44. The number of aliphatic carboxylic acids is 1. The van der Waals surface area contributed by atoms with Crippen LogP contribution in [0.2, 0.25) is 15.1 Å². The van der Waals surface area contributed by atoms with Gasteiger partial charge in [0.1, 0.15) is 0 Å². The Bertz CT molecular complexity index is 771. The van der Waals surface area contributed by atoms with Crippen molar-refractivity contribution in [3.63, 3.8) is 0 Å². The summed E-state index contributed by atoms with van der Waals surface area (Å²) >= 11 is 18.2. The number of hydrogen-bond acceptors (Lipinski definition) is 5. The molecule has 0 radical (unpaired) electrons. The topological polar surface area (TPSA) is 102 Å². The van der Waals surface area contributed by atoms with Crippen LogP contribution in [0, 0.1) is 6.92 Å². The Morgan fingerprint density at radius 2 is 1.57 bits per heavy atom. The summed E-state index contributed by atoms with van der Waals surface area (Å²) in [5.41, 5.74) is 1.86. The van der Waals surface area contributed by atoms with Crippen molar-refractivity contribution in [1.29, 1.82) is 0 Å². The molecule has 0 saturated heterocycles. The normalized spacial score (nSPS) is 11.4. The van der Waals surface area contributed by atoms with Gasteiger partial charge in [0.2, 0.25) is 0 Å². The molecule has 0 heterocycles. The number of aryl methyl sites for hydroxylation is 1. The van der Waals surface area contributed by atoms with Crippen LogP contribution < -0.4 is 10.6 Å². The van der Waals surface area contributed by atoms with Gasteiger partial charge in [0, 0.05) is 29.4 Å². The van der Waals surface area contributed by atoms with Crippen LogP contribution in [0.3, 0.4) is 0 Å². The predicted octanol–water partition coefficient (Wildman–Crippen LogP) is 3.75. The SMILES string of the molecule is Cc1ccccc1NC(C(=O)O)c1c(Cl)ccc(Cl)c1Cl.OCCNCCO. The van der Waals surface area contributed by atoms with E-state index in [2.05, 4.69) is 10.6 Å². The molecule has 5 N–H and O–H groups in total. The molecule has 154 valence electrons. The van der Waals surface area contributed by atoms with Crippen LogP contribution in [0.4, 0.5) is 5.69 Å². The van der Waals surface area contributed by atoms with E-state index in [1.54, 1.807) is 6.07 Å². The minimum absolute atomic E-state index is 0.137. The average molecular weight is 450 g/mol. The molecule has 2 rings (SSSR count). The van der Waals surface area contributed by atoms with Crippen molar-refractivity contribution in [2.24, 2.45) is 0 Å². The maximum atomic E-state index is 11.6. The van der Waals surface area contributed by atoms with E-state index in [0.717, 1.165) is 5.56 Å². The van der Waals surface area contributed by atoms with Crippen LogP contribution in [-0.4, -0.2) is 47.6 Å². The highest BCUT2D eigenvalue weighted by atomic mass is 35.5. The number of aliphatic hydroxyl groups excluding tert-OH is 2. The number of benzene rings is 2. The predicted molar refractivity (Wildman–Crippen MR) is 114 cm³/mol. The highest BCUT2D eigenvalue weighted by Crippen LogP contribution is 2.37. The number of halogens is 3. The molecular weight excluding hydrogens is 427 g/mol. The van der Waals surface area contributed by atoms with Gasteiger partial charge in [0.15, 0.2) is 6.04 Å². The van der Waals surface area contributed by atoms with Crippen LogP contribution >= 0.6 is 34.8 Å². The lowest BCUT2D eigenvalue weighted by atomic mass is 10.1. The molecule has 2 aromatic carbocycles. The summed E-state index contributed by atoms with van der Waals surface area (Å²) in [6, 6.07) is 9.32. The second-order valence-electron chi connectivity index (χ2n) is 5.68.